The fourth-order valence-corrected chi connectivity index (χ4v) is 2.47. The van der Waals surface area contributed by atoms with Gasteiger partial charge in [0.1, 0.15) is 0 Å². The highest BCUT2D eigenvalue weighted by molar-refractivity contribution is 4.80. The van der Waals surface area contributed by atoms with E-state index in [4.69, 9.17) is 4.74 Å². The second-order valence-corrected chi connectivity index (χ2v) is 6.42. The molecule has 0 aromatic heterocycles. The summed E-state index contributed by atoms with van der Waals surface area (Å²) in [6.07, 6.45) is 2.53. The molecule has 1 aliphatic heterocycles. The zero-order valence-electron chi connectivity index (χ0n) is 12.3. The van der Waals surface area contributed by atoms with Crippen LogP contribution in [0.4, 0.5) is 0 Å². The lowest BCUT2D eigenvalue weighted by Gasteiger charge is -2.27. The van der Waals surface area contributed by atoms with Gasteiger partial charge >= 0.3 is 0 Å². The van der Waals surface area contributed by atoms with Crippen molar-refractivity contribution in [2.45, 2.75) is 52.1 Å². The molecule has 2 unspecified atom stereocenters. The Hall–Kier alpha value is -0.120. The van der Waals surface area contributed by atoms with Gasteiger partial charge in [-0.05, 0) is 59.5 Å². The quantitative estimate of drug-likeness (QED) is 0.772. The fraction of sp³-hybridized carbons (Fsp3) is 1.00. The molecule has 1 fully saturated rings. The normalized spacial score (nSPS) is 24.2. The molecule has 17 heavy (non-hydrogen) atoms. The maximum Gasteiger partial charge on any atom is 0.0503 e. The zero-order valence-corrected chi connectivity index (χ0v) is 12.3. The smallest absolute Gasteiger partial charge is 0.0503 e. The number of likely N-dealkylation sites (tertiary alicyclic amines) is 1. The summed E-state index contributed by atoms with van der Waals surface area (Å²) in [5.74, 6) is 0.748. The second kappa shape index (κ2) is 6.72. The average molecular weight is 242 g/mol. The molecule has 0 saturated carbocycles. The average Bonchev–Trinajstić information content (AvgIpc) is 2.65. The van der Waals surface area contributed by atoms with E-state index in [-0.39, 0.29) is 5.54 Å². The Labute approximate surface area is 107 Å². The number of hydrogen-bond donors (Lipinski definition) is 1. The standard InChI is InChI=1S/C14H30N2O/c1-12(6-8-15-14(2,3)4)16-9-7-13(10-16)11-17-5/h12-13,15H,6-11H2,1-5H3. The van der Waals surface area contributed by atoms with Crippen molar-refractivity contribution in [1.82, 2.24) is 10.2 Å². The highest BCUT2D eigenvalue weighted by Gasteiger charge is 2.25. The van der Waals surface area contributed by atoms with E-state index in [1.807, 2.05) is 0 Å². The monoisotopic (exact) mass is 242 g/mol. The van der Waals surface area contributed by atoms with Crippen molar-refractivity contribution in [3.63, 3.8) is 0 Å². The lowest BCUT2D eigenvalue weighted by Crippen LogP contribution is -2.40. The molecule has 1 rings (SSSR count). The van der Waals surface area contributed by atoms with Gasteiger partial charge in [0, 0.05) is 25.2 Å². The molecule has 3 heteroatoms. The van der Waals surface area contributed by atoms with Crippen LogP contribution in [0.25, 0.3) is 0 Å². The van der Waals surface area contributed by atoms with Crippen LogP contribution in [0.3, 0.4) is 0 Å². The van der Waals surface area contributed by atoms with Crippen LogP contribution in [0.1, 0.15) is 40.5 Å². The molecule has 0 radical (unpaired) electrons. The SMILES string of the molecule is COCC1CCN(C(C)CCNC(C)(C)C)C1. The Morgan fingerprint density at radius 3 is 2.71 bits per heavy atom. The van der Waals surface area contributed by atoms with E-state index in [2.05, 4.69) is 37.9 Å². The summed E-state index contributed by atoms with van der Waals surface area (Å²) >= 11 is 0. The first kappa shape index (κ1) is 14.9. The van der Waals surface area contributed by atoms with Crippen molar-refractivity contribution < 1.29 is 4.74 Å². The highest BCUT2D eigenvalue weighted by Crippen LogP contribution is 2.19. The molecule has 1 saturated heterocycles. The van der Waals surface area contributed by atoms with Crippen molar-refractivity contribution in [1.29, 1.82) is 0 Å². The van der Waals surface area contributed by atoms with Crippen molar-refractivity contribution in [2.24, 2.45) is 5.92 Å². The van der Waals surface area contributed by atoms with Crippen molar-refractivity contribution in [3.8, 4) is 0 Å². The number of nitrogens with one attached hydrogen (secondary N) is 1. The van der Waals surface area contributed by atoms with E-state index in [0.717, 1.165) is 19.1 Å². The van der Waals surface area contributed by atoms with Crippen LogP contribution in [0, 0.1) is 5.92 Å². The number of rotatable bonds is 6. The van der Waals surface area contributed by atoms with Gasteiger partial charge in [0.25, 0.3) is 0 Å². The molecule has 0 aromatic rings. The molecule has 2 atom stereocenters. The topological polar surface area (TPSA) is 24.5 Å². The molecule has 3 nitrogen and oxygen atoms in total. The first-order valence-corrected chi connectivity index (χ1v) is 6.90. The maximum atomic E-state index is 5.24. The minimum atomic E-state index is 0.239. The van der Waals surface area contributed by atoms with Gasteiger partial charge in [0.05, 0.1) is 6.61 Å². The summed E-state index contributed by atoms with van der Waals surface area (Å²) in [5.41, 5.74) is 0.239. The van der Waals surface area contributed by atoms with Gasteiger partial charge < -0.3 is 15.0 Å². The van der Waals surface area contributed by atoms with Gasteiger partial charge in [-0.3, -0.25) is 0 Å². The highest BCUT2D eigenvalue weighted by atomic mass is 16.5. The molecule has 1 heterocycles. The molecule has 0 amide bonds. The Bertz CT molecular complexity index is 213. The summed E-state index contributed by atoms with van der Waals surface area (Å²) in [6.45, 7) is 13.5. The first-order chi connectivity index (χ1) is 7.92. The van der Waals surface area contributed by atoms with Crippen LogP contribution in [0.15, 0.2) is 0 Å². The molecular weight excluding hydrogens is 212 g/mol. The molecule has 0 spiro atoms. The predicted molar refractivity (Wildman–Crippen MR) is 73.4 cm³/mol. The number of nitrogens with zero attached hydrogens (tertiary/aromatic N) is 1. The van der Waals surface area contributed by atoms with Crippen LogP contribution < -0.4 is 5.32 Å². The number of methoxy groups -OCH3 is 1. The van der Waals surface area contributed by atoms with Gasteiger partial charge in [0.15, 0.2) is 0 Å². The molecular formula is C14H30N2O. The maximum absolute atomic E-state index is 5.24. The van der Waals surface area contributed by atoms with Crippen molar-refractivity contribution in [2.75, 3.05) is 33.4 Å². The summed E-state index contributed by atoms with van der Waals surface area (Å²) in [7, 11) is 1.80. The predicted octanol–water partition coefficient (Wildman–Crippen LogP) is 2.12. The third-order valence-corrected chi connectivity index (χ3v) is 3.56. The summed E-state index contributed by atoms with van der Waals surface area (Å²) in [6, 6.07) is 0.687. The lowest BCUT2D eigenvalue weighted by atomic mass is 10.1. The molecule has 1 aliphatic rings. The molecule has 0 aliphatic carbocycles. The van der Waals surface area contributed by atoms with Gasteiger partial charge in [-0.1, -0.05) is 0 Å². The Morgan fingerprint density at radius 2 is 2.12 bits per heavy atom. The van der Waals surface area contributed by atoms with Crippen molar-refractivity contribution in [3.05, 3.63) is 0 Å². The Morgan fingerprint density at radius 1 is 1.41 bits per heavy atom. The van der Waals surface area contributed by atoms with Crippen molar-refractivity contribution >= 4 is 0 Å². The summed E-state index contributed by atoms with van der Waals surface area (Å²) in [4.78, 5) is 2.61. The molecule has 0 aromatic carbocycles. The van der Waals surface area contributed by atoms with E-state index < -0.39 is 0 Å². The van der Waals surface area contributed by atoms with Gasteiger partial charge in [-0.25, -0.2) is 0 Å². The summed E-state index contributed by atoms with van der Waals surface area (Å²) in [5, 5.41) is 3.56. The minimum Gasteiger partial charge on any atom is -0.384 e. The number of hydrogen-bond acceptors (Lipinski definition) is 3. The molecule has 1 N–H and O–H groups in total. The molecule has 102 valence electrons. The molecule has 0 bridgehead atoms. The number of ether oxygens (including phenoxy) is 1. The van der Waals surface area contributed by atoms with E-state index >= 15 is 0 Å². The second-order valence-electron chi connectivity index (χ2n) is 6.42. The fourth-order valence-electron chi connectivity index (χ4n) is 2.47. The van der Waals surface area contributed by atoms with Crippen LogP contribution in [0.5, 0.6) is 0 Å². The van der Waals surface area contributed by atoms with Crippen LogP contribution in [-0.2, 0) is 4.74 Å². The lowest BCUT2D eigenvalue weighted by molar-refractivity contribution is 0.147. The zero-order chi connectivity index (χ0) is 12.9. The largest absolute Gasteiger partial charge is 0.384 e. The Balaban J connectivity index is 2.18. The van der Waals surface area contributed by atoms with E-state index in [9.17, 15) is 0 Å². The van der Waals surface area contributed by atoms with Gasteiger partial charge in [0.2, 0.25) is 0 Å². The summed E-state index contributed by atoms with van der Waals surface area (Å²) < 4.78 is 5.24. The third kappa shape index (κ3) is 5.84. The van der Waals surface area contributed by atoms with E-state index in [0.29, 0.717) is 6.04 Å². The van der Waals surface area contributed by atoms with Crippen LogP contribution >= 0.6 is 0 Å². The van der Waals surface area contributed by atoms with Gasteiger partial charge in [-0.2, -0.15) is 0 Å². The minimum absolute atomic E-state index is 0.239. The van der Waals surface area contributed by atoms with E-state index in [1.54, 1.807) is 7.11 Å². The van der Waals surface area contributed by atoms with E-state index in [1.165, 1.54) is 25.9 Å². The van der Waals surface area contributed by atoms with Gasteiger partial charge in [-0.15, -0.1) is 0 Å². The Kier molecular flexibility index (Phi) is 5.90. The third-order valence-electron chi connectivity index (χ3n) is 3.56. The first-order valence-electron chi connectivity index (χ1n) is 6.90. The van der Waals surface area contributed by atoms with Crippen LogP contribution in [-0.4, -0.2) is 49.8 Å². The van der Waals surface area contributed by atoms with Crippen LogP contribution in [0.2, 0.25) is 0 Å².